The molecule has 3 aromatic rings. The molecule has 0 bridgehead atoms. The number of ether oxygens (including phenoxy) is 1. The highest BCUT2D eigenvalue weighted by Crippen LogP contribution is 2.24. The van der Waals surface area contributed by atoms with E-state index in [0.717, 1.165) is 16.6 Å². The third kappa shape index (κ3) is 4.46. The Balaban J connectivity index is 1.55. The summed E-state index contributed by atoms with van der Waals surface area (Å²) in [7, 11) is -3.63. The summed E-state index contributed by atoms with van der Waals surface area (Å²) in [4.78, 5) is 17.6. The van der Waals surface area contributed by atoms with Gasteiger partial charge in [0.1, 0.15) is 0 Å². The molecule has 2 heterocycles. The van der Waals surface area contributed by atoms with Crippen molar-refractivity contribution in [3.63, 3.8) is 0 Å². The summed E-state index contributed by atoms with van der Waals surface area (Å²) < 4.78 is 33.1. The second-order valence-electron chi connectivity index (χ2n) is 7.89. The van der Waals surface area contributed by atoms with E-state index < -0.39 is 10.0 Å². The van der Waals surface area contributed by atoms with Gasteiger partial charge in [-0.25, -0.2) is 8.42 Å². The maximum atomic E-state index is 13.0. The first-order chi connectivity index (χ1) is 14.7. The van der Waals surface area contributed by atoms with Crippen LogP contribution in [0.15, 0.2) is 59.5 Å². The number of carbonyl (C=O) groups is 1. The topological polar surface area (TPSA) is 88.6 Å². The minimum absolute atomic E-state index is 0.157. The second-order valence-corrected chi connectivity index (χ2v) is 9.82. The molecule has 1 aliphatic heterocycles. The van der Waals surface area contributed by atoms with Crippen LogP contribution in [0.4, 0.5) is 5.69 Å². The van der Waals surface area contributed by atoms with Gasteiger partial charge in [0.05, 0.1) is 28.2 Å². The lowest BCUT2D eigenvalue weighted by molar-refractivity contribution is -0.0440. The minimum atomic E-state index is -3.63. The Bertz CT molecular complexity index is 1220. The van der Waals surface area contributed by atoms with Crippen molar-refractivity contribution in [3.8, 4) is 0 Å². The highest BCUT2D eigenvalue weighted by atomic mass is 32.2. The molecule has 1 N–H and O–H groups in total. The molecule has 0 unspecified atom stereocenters. The molecular formula is C23H25N3O4S. The fraction of sp³-hybridized carbons (Fsp3) is 0.304. The van der Waals surface area contributed by atoms with Crippen LogP contribution in [0.25, 0.3) is 10.9 Å². The number of anilines is 1. The number of aryl methyl sites for hydroxylation is 1. The van der Waals surface area contributed by atoms with E-state index in [0.29, 0.717) is 24.3 Å². The summed E-state index contributed by atoms with van der Waals surface area (Å²) >= 11 is 0. The van der Waals surface area contributed by atoms with Gasteiger partial charge >= 0.3 is 0 Å². The van der Waals surface area contributed by atoms with Gasteiger partial charge < -0.3 is 10.1 Å². The fourth-order valence-corrected chi connectivity index (χ4v) is 5.47. The van der Waals surface area contributed by atoms with Crippen LogP contribution in [0, 0.1) is 6.92 Å². The van der Waals surface area contributed by atoms with Crippen molar-refractivity contribution < 1.29 is 17.9 Å². The predicted molar refractivity (Wildman–Crippen MR) is 120 cm³/mol. The van der Waals surface area contributed by atoms with Gasteiger partial charge in [-0.05, 0) is 57.2 Å². The van der Waals surface area contributed by atoms with Crippen molar-refractivity contribution in [3.05, 3.63) is 65.9 Å². The van der Waals surface area contributed by atoms with E-state index in [9.17, 15) is 13.2 Å². The summed E-state index contributed by atoms with van der Waals surface area (Å²) in [6.45, 7) is 6.21. The smallest absolute Gasteiger partial charge is 0.256 e. The molecule has 1 aliphatic rings. The Kier molecular flexibility index (Phi) is 5.79. The van der Waals surface area contributed by atoms with Gasteiger partial charge in [0, 0.05) is 29.9 Å². The van der Waals surface area contributed by atoms with Crippen LogP contribution in [0.3, 0.4) is 0 Å². The Labute approximate surface area is 182 Å². The largest absolute Gasteiger partial charge is 0.373 e. The molecule has 4 rings (SSSR count). The Morgan fingerprint density at radius 3 is 2.39 bits per heavy atom. The molecular weight excluding hydrogens is 414 g/mol. The van der Waals surface area contributed by atoms with E-state index in [-0.39, 0.29) is 23.0 Å². The van der Waals surface area contributed by atoms with Gasteiger partial charge in [-0.3, -0.25) is 9.78 Å². The number of morpholine rings is 1. The van der Waals surface area contributed by atoms with Gasteiger partial charge in [0.15, 0.2) is 0 Å². The van der Waals surface area contributed by atoms with Crippen molar-refractivity contribution in [1.29, 1.82) is 0 Å². The molecule has 7 nitrogen and oxygen atoms in total. The van der Waals surface area contributed by atoms with Gasteiger partial charge in [-0.1, -0.05) is 18.2 Å². The molecule has 31 heavy (non-hydrogen) atoms. The summed E-state index contributed by atoms with van der Waals surface area (Å²) in [5.74, 6) is -0.270. The number of aromatic nitrogens is 1. The number of nitrogens with one attached hydrogen (secondary N) is 1. The highest BCUT2D eigenvalue weighted by Gasteiger charge is 2.32. The van der Waals surface area contributed by atoms with Crippen LogP contribution in [-0.4, -0.2) is 48.9 Å². The number of rotatable bonds is 4. The van der Waals surface area contributed by atoms with Crippen molar-refractivity contribution in [2.45, 2.75) is 37.9 Å². The molecule has 2 atom stereocenters. The molecule has 2 aromatic carbocycles. The zero-order chi connectivity index (χ0) is 22.2. The number of hydrogen-bond acceptors (Lipinski definition) is 5. The summed E-state index contributed by atoms with van der Waals surface area (Å²) in [5.41, 5.74) is 2.55. The maximum absolute atomic E-state index is 13.0. The van der Waals surface area contributed by atoms with Crippen LogP contribution < -0.4 is 5.32 Å². The number of fused-ring (bicyclic) bond motifs is 1. The Hall–Kier alpha value is -2.81. The first kappa shape index (κ1) is 21.4. The van der Waals surface area contributed by atoms with E-state index >= 15 is 0 Å². The van der Waals surface area contributed by atoms with E-state index in [1.165, 1.54) is 16.4 Å². The summed E-state index contributed by atoms with van der Waals surface area (Å²) in [6.07, 6.45) is -0.313. The lowest BCUT2D eigenvalue weighted by Gasteiger charge is -2.34. The average molecular weight is 440 g/mol. The second kappa shape index (κ2) is 8.37. The van der Waals surface area contributed by atoms with E-state index in [4.69, 9.17) is 4.74 Å². The highest BCUT2D eigenvalue weighted by molar-refractivity contribution is 7.89. The average Bonchev–Trinajstić information content (AvgIpc) is 2.72. The molecule has 1 aromatic heterocycles. The zero-order valence-electron chi connectivity index (χ0n) is 17.7. The standard InChI is InChI=1S/C23H25N3O4S/c1-15-12-21(20-6-4-5-7-22(20)24-15)23(27)25-18-8-10-19(11-9-18)31(28,29)26-13-16(2)30-17(3)14-26/h4-12,16-17H,13-14H2,1-3H3,(H,25,27)/t16-,17-/m0/s1. The molecule has 162 valence electrons. The van der Waals surface area contributed by atoms with Crippen LogP contribution in [-0.2, 0) is 14.8 Å². The number of hydrogen-bond donors (Lipinski definition) is 1. The van der Waals surface area contributed by atoms with Crippen molar-refractivity contribution >= 4 is 32.5 Å². The number of nitrogens with zero attached hydrogens (tertiary/aromatic N) is 2. The van der Waals surface area contributed by atoms with Gasteiger partial charge in [-0.2, -0.15) is 4.31 Å². The van der Waals surface area contributed by atoms with Gasteiger partial charge in [0.25, 0.3) is 5.91 Å². The monoisotopic (exact) mass is 439 g/mol. The SMILES string of the molecule is Cc1cc(C(=O)Nc2ccc(S(=O)(=O)N3C[C@H](C)O[C@@H](C)C3)cc2)c2ccccc2n1. The lowest BCUT2D eigenvalue weighted by atomic mass is 10.1. The van der Waals surface area contributed by atoms with E-state index in [2.05, 4.69) is 10.3 Å². The molecule has 8 heteroatoms. The van der Waals surface area contributed by atoms with Crippen LogP contribution in [0.5, 0.6) is 0 Å². The number of para-hydroxylation sites is 1. The summed E-state index contributed by atoms with van der Waals surface area (Å²) in [6, 6.07) is 15.5. The number of benzene rings is 2. The van der Waals surface area contributed by atoms with Crippen LogP contribution in [0.1, 0.15) is 29.9 Å². The number of sulfonamides is 1. The third-order valence-electron chi connectivity index (χ3n) is 5.22. The molecule has 1 saturated heterocycles. The van der Waals surface area contributed by atoms with E-state index in [1.807, 2.05) is 45.0 Å². The summed E-state index contributed by atoms with van der Waals surface area (Å²) in [5, 5.41) is 3.62. The first-order valence-corrected chi connectivity index (χ1v) is 11.6. The zero-order valence-corrected chi connectivity index (χ0v) is 18.5. The molecule has 0 radical (unpaired) electrons. The fourth-order valence-electron chi connectivity index (χ4n) is 3.88. The minimum Gasteiger partial charge on any atom is -0.373 e. The van der Waals surface area contributed by atoms with E-state index in [1.54, 1.807) is 18.2 Å². The van der Waals surface area contributed by atoms with Gasteiger partial charge in [-0.15, -0.1) is 0 Å². The predicted octanol–water partition coefficient (Wildman–Crippen LogP) is 3.59. The third-order valence-corrected chi connectivity index (χ3v) is 7.07. The maximum Gasteiger partial charge on any atom is 0.256 e. The van der Waals surface area contributed by atoms with Crippen LogP contribution in [0.2, 0.25) is 0 Å². The molecule has 0 spiro atoms. The first-order valence-electron chi connectivity index (χ1n) is 10.2. The number of amides is 1. The number of pyridine rings is 1. The lowest BCUT2D eigenvalue weighted by Crippen LogP contribution is -2.48. The Morgan fingerprint density at radius 1 is 1.06 bits per heavy atom. The Morgan fingerprint density at radius 2 is 1.71 bits per heavy atom. The van der Waals surface area contributed by atoms with Crippen molar-refractivity contribution in [2.24, 2.45) is 0 Å². The van der Waals surface area contributed by atoms with Crippen molar-refractivity contribution in [1.82, 2.24) is 9.29 Å². The quantitative estimate of drug-likeness (QED) is 0.671. The molecule has 0 aliphatic carbocycles. The molecule has 1 amide bonds. The normalized spacial score (nSPS) is 20.0. The molecule has 1 fully saturated rings. The number of carbonyl (C=O) groups excluding carboxylic acids is 1. The van der Waals surface area contributed by atoms with Crippen molar-refractivity contribution in [2.75, 3.05) is 18.4 Å². The molecule has 0 saturated carbocycles. The van der Waals surface area contributed by atoms with Gasteiger partial charge in [0.2, 0.25) is 10.0 Å². The van der Waals surface area contributed by atoms with Crippen LogP contribution >= 0.6 is 0 Å².